The van der Waals surface area contributed by atoms with E-state index in [0.717, 1.165) is 5.56 Å². The van der Waals surface area contributed by atoms with Crippen molar-refractivity contribution in [1.82, 2.24) is 0 Å². The topological polar surface area (TPSA) is 61.6 Å². The maximum atomic E-state index is 11.6. The van der Waals surface area contributed by atoms with Crippen molar-refractivity contribution in [2.24, 2.45) is 5.73 Å². The number of hydrogen-bond acceptors (Lipinski definition) is 4. The molecule has 1 aromatic rings. The molecule has 4 nitrogen and oxygen atoms in total. The Balaban J connectivity index is 2.55. The predicted molar refractivity (Wildman–Crippen MR) is 55.6 cm³/mol. The van der Waals surface area contributed by atoms with Gasteiger partial charge in [-0.25, -0.2) is 0 Å². The first-order chi connectivity index (χ1) is 7.24. The third kappa shape index (κ3) is 1.68. The van der Waals surface area contributed by atoms with Crippen molar-refractivity contribution in [2.75, 3.05) is 19.8 Å². The molecule has 0 spiro atoms. The van der Waals surface area contributed by atoms with Gasteiger partial charge in [-0.1, -0.05) is 6.07 Å². The second-order valence-electron chi connectivity index (χ2n) is 3.41. The van der Waals surface area contributed by atoms with E-state index in [1.807, 2.05) is 19.1 Å². The van der Waals surface area contributed by atoms with Crippen LogP contribution in [-0.4, -0.2) is 25.5 Å². The van der Waals surface area contributed by atoms with Gasteiger partial charge in [0.05, 0.1) is 12.1 Å². The summed E-state index contributed by atoms with van der Waals surface area (Å²) in [5.74, 6) is 1.05. The first-order valence-electron chi connectivity index (χ1n) is 4.86. The number of carbonyl (C=O) groups is 1. The van der Waals surface area contributed by atoms with Gasteiger partial charge in [0.15, 0.2) is 17.3 Å². The SMILES string of the molecule is Cc1ccc2c(c1C(=O)CN)OCCO2. The average molecular weight is 207 g/mol. The Morgan fingerprint density at radius 3 is 2.87 bits per heavy atom. The summed E-state index contributed by atoms with van der Waals surface area (Å²) in [7, 11) is 0. The third-order valence-electron chi connectivity index (χ3n) is 2.38. The summed E-state index contributed by atoms with van der Waals surface area (Å²) < 4.78 is 10.9. The summed E-state index contributed by atoms with van der Waals surface area (Å²) in [6.07, 6.45) is 0. The molecule has 1 aliphatic heterocycles. The van der Waals surface area contributed by atoms with Crippen molar-refractivity contribution in [3.8, 4) is 11.5 Å². The Labute approximate surface area is 88.0 Å². The zero-order valence-corrected chi connectivity index (χ0v) is 8.58. The highest BCUT2D eigenvalue weighted by Crippen LogP contribution is 2.35. The van der Waals surface area contributed by atoms with Crippen molar-refractivity contribution >= 4 is 5.78 Å². The number of Topliss-reactive ketones (excluding diaryl/α,β-unsaturated/α-hetero) is 1. The van der Waals surface area contributed by atoms with Gasteiger partial charge >= 0.3 is 0 Å². The molecule has 0 unspecified atom stereocenters. The molecule has 0 aliphatic carbocycles. The molecule has 0 aromatic heterocycles. The van der Waals surface area contributed by atoms with E-state index in [9.17, 15) is 4.79 Å². The molecule has 0 amide bonds. The molecule has 2 N–H and O–H groups in total. The van der Waals surface area contributed by atoms with Gasteiger partial charge in [-0.15, -0.1) is 0 Å². The summed E-state index contributed by atoms with van der Waals surface area (Å²) >= 11 is 0. The van der Waals surface area contributed by atoms with Crippen LogP contribution in [0.4, 0.5) is 0 Å². The molecule has 0 saturated heterocycles. The van der Waals surface area contributed by atoms with E-state index in [1.165, 1.54) is 0 Å². The molecular formula is C11H13NO3. The number of ketones is 1. The number of fused-ring (bicyclic) bond motifs is 1. The van der Waals surface area contributed by atoms with Gasteiger partial charge in [0.1, 0.15) is 13.2 Å². The molecule has 80 valence electrons. The number of ether oxygens (including phenoxy) is 2. The van der Waals surface area contributed by atoms with Gasteiger partial charge in [-0.2, -0.15) is 0 Å². The molecule has 1 aromatic carbocycles. The average Bonchev–Trinajstić information content (AvgIpc) is 2.28. The van der Waals surface area contributed by atoms with E-state index in [2.05, 4.69) is 0 Å². The van der Waals surface area contributed by atoms with E-state index >= 15 is 0 Å². The Bertz CT molecular complexity index is 401. The van der Waals surface area contributed by atoms with E-state index in [4.69, 9.17) is 15.2 Å². The Kier molecular flexibility index (Phi) is 2.60. The maximum absolute atomic E-state index is 11.6. The van der Waals surface area contributed by atoms with Gasteiger partial charge in [0.25, 0.3) is 0 Å². The lowest BCUT2D eigenvalue weighted by molar-refractivity contribution is 0.0989. The number of rotatable bonds is 2. The predicted octanol–water partition coefficient (Wildman–Crippen LogP) is 0.908. The quantitative estimate of drug-likeness (QED) is 0.732. The largest absolute Gasteiger partial charge is 0.486 e. The minimum atomic E-state index is -0.116. The summed E-state index contributed by atoms with van der Waals surface area (Å²) in [4.78, 5) is 11.6. The van der Waals surface area contributed by atoms with E-state index in [1.54, 1.807) is 0 Å². The number of hydrogen-bond donors (Lipinski definition) is 1. The highest BCUT2D eigenvalue weighted by Gasteiger charge is 2.21. The van der Waals surface area contributed by atoms with Crippen molar-refractivity contribution in [1.29, 1.82) is 0 Å². The lowest BCUT2D eigenvalue weighted by atomic mass is 10.0. The molecular weight excluding hydrogens is 194 g/mol. The van der Waals surface area contributed by atoms with Crippen LogP contribution in [-0.2, 0) is 0 Å². The Hall–Kier alpha value is -1.55. The normalized spacial score (nSPS) is 13.7. The number of benzene rings is 1. The Morgan fingerprint density at radius 2 is 2.13 bits per heavy atom. The van der Waals surface area contributed by atoms with Crippen LogP contribution in [0.25, 0.3) is 0 Å². The fourth-order valence-electron chi connectivity index (χ4n) is 1.66. The minimum Gasteiger partial charge on any atom is -0.486 e. The summed E-state index contributed by atoms with van der Waals surface area (Å²) in [5, 5.41) is 0. The molecule has 15 heavy (non-hydrogen) atoms. The lowest BCUT2D eigenvalue weighted by Gasteiger charge is -2.21. The van der Waals surface area contributed by atoms with Crippen LogP contribution in [0.15, 0.2) is 12.1 Å². The van der Waals surface area contributed by atoms with Gasteiger partial charge in [-0.05, 0) is 18.6 Å². The zero-order valence-electron chi connectivity index (χ0n) is 8.58. The van der Waals surface area contributed by atoms with Gasteiger partial charge in [0, 0.05) is 0 Å². The molecule has 1 heterocycles. The minimum absolute atomic E-state index is 0.0132. The van der Waals surface area contributed by atoms with E-state index in [0.29, 0.717) is 30.3 Å². The highest BCUT2D eigenvalue weighted by atomic mass is 16.6. The van der Waals surface area contributed by atoms with Crippen molar-refractivity contribution < 1.29 is 14.3 Å². The lowest BCUT2D eigenvalue weighted by Crippen LogP contribution is -2.21. The zero-order chi connectivity index (χ0) is 10.8. The van der Waals surface area contributed by atoms with Crippen LogP contribution in [0.3, 0.4) is 0 Å². The molecule has 1 aliphatic rings. The molecule has 0 bridgehead atoms. The smallest absolute Gasteiger partial charge is 0.180 e. The first-order valence-corrected chi connectivity index (χ1v) is 4.86. The van der Waals surface area contributed by atoms with Crippen LogP contribution in [0.1, 0.15) is 15.9 Å². The first kappa shape index (κ1) is 9.98. The maximum Gasteiger partial charge on any atom is 0.180 e. The summed E-state index contributed by atoms with van der Waals surface area (Å²) in [5.41, 5.74) is 6.78. The fourth-order valence-corrected chi connectivity index (χ4v) is 1.66. The third-order valence-corrected chi connectivity index (χ3v) is 2.38. The number of nitrogens with two attached hydrogens (primary N) is 1. The molecule has 0 saturated carbocycles. The molecule has 4 heteroatoms. The van der Waals surface area contributed by atoms with Crippen LogP contribution in [0, 0.1) is 6.92 Å². The van der Waals surface area contributed by atoms with Crippen LogP contribution in [0.5, 0.6) is 11.5 Å². The van der Waals surface area contributed by atoms with Crippen molar-refractivity contribution in [3.05, 3.63) is 23.3 Å². The standard InChI is InChI=1S/C11H13NO3/c1-7-2-3-9-11(15-5-4-14-9)10(7)8(13)6-12/h2-3H,4-6,12H2,1H3. The van der Waals surface area contributed by atoms with Crippen molar-refractivity contribution in [2.45, 2.75) is 6.92 Å². The van der Waals surface area contributed by atoms with E-state index in [-0.39, 0.29) is 12.3 Å². The van der Waals surface area contributed by atoms with Crippen molar-refractivity contribution in [3.63, 3.8) is 0 Å². The highest BCUT2D eigenvalue weighted by molar-refractivity contribution is 6.02. The number of aryl methyl sites for hydroxylation is 1. The van der Waals surface area contributed by atoms with Gasteiger partial charge in [-0.3, -0.25) is 4.79 Å². The fraction of sp³-hybridized carbons (Fsp3) is 0.364. The second-order valence-corrected chi connectivity index (χ2v) is 3.41. The molecule has 0 radical (unpaired) electrons. The van der Waals surface area contributed by atoms with Crippen LogP contribution >= 0.6 is 0 Å². The molecule has 0 atom stereocenters. The van der Waals surface area contributed by atoms with Crippen LogP contribution in [0.2, 0.25) is 0 Å². The molecule has 0 fully saturated rings. The van der Waals surface area contributed by atoms with Gasteiger partial charge in [0.2, 0.25) is 0 Å². The number of carbonyl (C=O) groups excluding carboxylic acids is 1. The monoisotopic (exact) mass is 207 g/mol. The van der Waals surface area contributed by atoms with Crippen LogP contribution < -0.4 is 15.2 Å². The summed E-state index contributed by atoms with van der Waals surface area (Å²) in [6.45, 7) is 2.84. The summed E-state index contributed by atoms with van der Waals surface area (Å²) in [6, 6.07) is 3.66. The Morgan fingerprint density at radius 1 is 1.40 bits per heavy atom. The second kappa shape index (κ2) is 3.90. The van der Waals surface area contributed by atoms with Gasteiger partial charge < -0.3 is 15.2 Å². The molecule has 2 rings (SSSR count). The van der Waals surface area contributed by atoms with E-state index < -0.39 is 0 Å².